The number of terminal acetylenes is 1. The van der Waals surface area contributed by atoms with Crippen molar-refractivity contribution in [3.05, 3.63) is 30.1 Å². The lowest BCUT2D eigenvalue weighted by atomic mass is 9.94. The molecule has 1 aromatic carbocycles. The minimum atomic E-state index is 0.211. The van der Waals surface area contributed by atoms with E-state index in [2.05, 4.69) is 27.9 Å². The van der Waals surface area contributed by atoms with E-state index >= 15 is 0 Å². The Balaban J connectivity index is 1.36. The van der Waals surface area contributed by atoms with Gasteiger partial charge in [-0.25, -0.2) is 4.98 Å². The van der Waals surface area contributed by atoms with Crippen LogP contribution >= 0.6 is 0 Å². The Kier molecular flexibility index (Phi) is 4.94. The average molecular weight is 350 g/mol. The van der Waals surface area contributed by atoms with Gasteiger partial charge in [0.25, 0.3) is 0 Å². The highest BCUT2D eigenvalue weighted by molar-refractivity contribution is 5.76. The number of hydrogen-bond donors (Lipinski definition) is 1. The van der Waals surface area contributed by atoms with E-state index in [4.69, 9.17) is 11.4 Å². The van der Waals surface area contributed by atoms with Crippen LogP contribution in [0.25, 0.3) is 11.0 Å². The van der Waals surface area contributed by atoms with Gasteiger partial charge in [0.1, 0.15) is 5.82 Å². The summed E-state index contributed by atoms with van der Waals surface area (Å²) in [6, 6.07) is 8.73. The molecule has 1 unspecified atom stereocenters. The molecule has 0 radical (unpaired) electrons. The Morgan fingerprint density at radius 3 is 2.73 bits per heavy atom. The second-order valence-electron chi connectivity index (χ2n) is 7.45. The van der Waals surface area contributed by atoms with Gasteiger partial charge in [0, 0.05) is 24.9 Å². The van der Waals surface area contributed by atoms with E-state index in [0.717, 1.165) is 62.2 Å². The second kappa shape index (κ2) is 7.51. The van der Waals surface area contributed by atoms with Crippen LogP contribution in [0.15, 0.2) is 24.3 Å². The van der Waals surface area contributed by atoms with Crippen molar-refractivity contribution in [1.82, 2.24) is 19.8 Å². The number of aromatic amines is 1. The molecule has 3 heterocycles. The van der Waals surface area contributed by atoms with Crippen LogP contribution in [0.4, 0.5) is 0 Å². The van der Waals surface area contributed by atoms with E-state index in [9.17, 15) is 4.79 Å². The zero-order valence-corrected chi connectivity index (χ0v) is 15.2. The molecular weight excluding hydrogens is 324 g/mol. The third-order valence-corrected chi connectivity index (χ3v) is 5.90. The first-order valence-corrected chi connectivity index (χ1v) is 9.64. The number of likely N-dealkylation sites (tertiary alicyclic amines) is 2. The summed E-state index contributed by atoms with van der Waals surface area (Å²) < 4.78 is 0. The largest absolute Gasteiger partial charge is 0.342 e. The lowest BCUT2D eigenvalue weighted by Crippen LogP contribution is -2.41. The molecule has 2 saturated heterocycles. The van der Waals surface area contributed by atoms with Crippen molar-refractivity contribution in [1.29, 1.82) is 0 Å². The topological polar surface area (TPSA) is 52.2 Å². The average Bonchev–Trinajstić information content (AvgIpc) is 3.03. The monoisotopic (exact) mass is 350 g/mol. The van der Waals surface area contributed by atoms with E-state index < -0.39 is 0 Å². The van der Waals surface area contributed by atoms with Crippen molar-refractivity contribution >= 4 is 16.9 Å². The fraction of sp³-hybridized carbons (Fsp3) is 0.524. The van der Waals surface area contributed by atoms with Gasteiger partial charge in [0.15, 0.2) is 0 Å². The zero-order valence-electron chi connectivity index (χ0n) is 15.2. The molecule has 5 nitrogen and oxygen atoms in total. The number of benzene rings is 1. The summed E-state index contributed by atoms with van der Waals surface area (Å²) in [6.45, 7) is 3.39. The molecule has 1 N–H and O–H groups in total. The maximum atomic E-state index is 12.2. The minimum Gasteiger partial charge on any atom is -0.342 e. The molecule has 0 saturated carbocycles. The van der Waals surface area contributed by atoms with Crippen molar-refractivity contribution in [2.24, 2.45) is 0 Å². The van der Waals surface area contributed by atoms with Crippen molar-refractivity contribution in [2.75, 3.05) is 26.2 Å². The molecule has 0 bridgehead atoms. The molecule has 0 spiro atoms. The summed E-state index contributed by atoms with van der Waals surface area (Å²) in [4.78, 5) is 24.8. The Morgan fingerprint density at radius 1 is 1.15 bits per heavy atom. The minimum absolute atomic E-state index is 0.211. The van der Waals surface area contributed by atoms with Crippen LogP contribution in [-0.2, 0) is 4.79 Å². The van der Waals surface area contributed by atoms with Crippen molar-refractivity contribution in [2.45, 2.75) is 44.1 Å². The van der Waals surface area contributed by atoms with Crippen molar-refractivity contribution < 1.29 is 4.79 Å². The number of rotatable bonds is 3. The molecule has 136 valence electrons. The predicted octanol–water partition coefficient (Wildman–Crippen LogP) is 2.76. The highest BCUT2D eigenvalue weighted by Crippen LogP contribution is 2.30. The number of amides is 1. The molecule has 5 heteroatoms. The maximum absolute atomic E-state index is 12.2. The van der Waals surface area contributed by atoms with Gasteiger partial charge in [-0.2, -0.15) is 0 Å². The Hall–Kier alpha value is -2.32. The molecule has 0 aliphatic carbocycles. The quantitative estimate of drug-likeness (QED) is 0.866. The van der Waals surface area contributed by atoms with Gasteiger partial charge < -0.3 is 14.8 Å². The molecule has 26 heavy (non-hydrogen) atoms. The van der Waals surface area contributed by atoms with E-state index in [1.165, 1.54) is 0 Å². The summed E-state index contributed by atoms with van der Waals surface area (Å²) in [5, 5.41) is 0. The summed E-state index contributed by atoms with van der Waals surface area (Å²) >= 11 is 0. The smallest absolute Gasteiger partial charge is 0.223 e. The number of carbonyl (C=O) groups is 1. The number of carbonyl (C=O) groups excluding carboxylic acids is 1. The molecule has 1 atom stereocenters. The number of nitrogens with one attached hydrogen (secondary N) is 1. The fourth-order valence-corrected chi connectivity index (χ4v) is 4.37. The van der Waals surface area contributed by atoms with E-state index in [1.807, 2.05) is 17.0 Å². The predicted molar refractivity (Wildman–Crippen MR) is 103 cm³/mol. The SMILES string of the molecule is C#CCN1CCC(N2CCC(c3nc4ccccc4[nH]3)CC2)CCC1=O. The van der Waals surface area contributed by atoms with E-state index in [-0.39, 0.29) is 5.91 Å². The van der Waals surface area contributed by atoms with Gasteiger partial charge in [-0.1, -0.05) is 18.1 Å². The lowest BCUT2D eigenvalue weighted by molar-refractivity contribution is -0.130. The second-order valence-corrected chi connectivity index (χ2v) is 7.45. The van der Waals surface area contributed by atoms with Gasteiger partial charge in [0.05, 0.1) is 17.6 Å². The summed E-state index contributed by atoms with van der Waals surface area (Å²) in [7, 11) is 0. The van der Waals surface area contributed by atoms with Crippen LogP contribution in [-0.4, -0.2) is 57.9 Å². The number of para-hydroxylation sites is 2. The van der Waals surface area contributed by atoms with Crippen LogP contribution in [0.5, 0.6) is 0 Å². The van der Waals surface area contributed by atoms with Crippen LogP contribution in [0.2, 0.25) is 0 Å². The fourth-order valence-electron chi connectivity index (χ4n) is 4.37. The third-order valence-electron chi connectivity index (χ3n) is 5.90. The number of nitrogens with zero attached hydrogens (tertiary/aromatic N) is 3. The Morgan fingerprint density at radius 2 is 1.96 bits per heavy atom. The molecule has 2 aliphatic rings. The summed E-state index contributed by atoms with van der Waals surface area (Å²) in [5.74, 6) is 4.45. The number of imidazole rings is 1. The molecule has 2 aromatic rings. The van der Waals surface area contributed by atoms with Crippen molar-refractivity contribution in [3.8, 4) is 12.3 Å². The molecular formula is C21H26N4O. The summed E-state index contributed by atoms with van der Waals surface area (Å²) in [6.07, 6.45) is 10.2. The van der Waals surface area contributed by atoms with E-state index in [1.54, 1.807) is 0 Å². The first-order chi connectivity index (χ1) is 12.7. The van der Waals surface area contributed by atoms with Crippen LogP contribution in [0.3, 0.4) is 0 Å². The van der Waals surface area contributed by atoms with Gasteiger partial charge in [-0.3, -0.25) is 4.79 Å². The van der Waals surface area contributed by atoms with Crippen LogP contribution in [0.1, 0.15) is 43.8 Å². The van der Waals surface area contributed by atoms with Crippen LogP contribution < -0.4 is 0 Å². The van der Waals surface area contributed by atoms with Gasteiger partial charge >= 0.3 is 0 Å². The highest BCUT2D eigenvalue weighted by Gasteiger charge is 2.30. The molecule has 2 aliphatic heterocycles. The standard InChI is InChI=1S/C21H26N4O/c1-2-12-25-15-11-17(7-8-20(25)26)24-13-9-16(10-14-24)21-22-18-5-3-4-6-19(18)23-21/h1,3-6,16-17H,7-15H2,(H,22,23). The number of aromatic nitrogens is 2. The number of hydrogen-bond acceptors (Lipinski definition) is 3. The number of piperidine rings is 1. The number of H-pyrrole nitrogens is 1. The van der Waals surface area contributed by atoms with E-state index in [0.29, 0.717) is 24.9 Å². The molecule has 2 fully saturated rings. The lowest BCUT2D eigenvalue weighted by Gasteiger charge is -2.36. The Labute approximate surface area is 154 Å². The van der Waals surface area contributed by atoms with Crippen LogP contribution in [0, 0.1) is 12.3 Å². The van der Waals surface area contributed by atoms with Gasteiger partial charge in [-0.15, -0.1) is 6.42 Å². The molecule has 1 aromatic heterocycles. The highest BCUT2D eigenvalue weighted by atomic mass is 16.2. The molecule has 4 rings (SSSR count). The van der Waals surface area contributed by atoms with Gasteiger partial charge in [0.2, 0.25) is 5.91 Å². The first-order valence-electron chi connectivity index (χ1n) is 9.64. The third kappa shape index (κ3) is 3.47. The first kappa shape index (κ1) is 17.1. The van der Waals surface area contributed by atoms with Crippen molar-refractivity contribution in [3.63, 3.8) is 0 Å². The summed E-state index contributed by atoms with van der Waals surface area (Å²) in [5.41, 5.74) is 2.18. The zero-order chi connectivity index (χ0) is 17.9. The Bertz CT molecular complexity index is 780. The normalized spacial score (nSPS) is 23.1. The van der Waals surface area contributed by atoms with Gasteiger partial charge in [-0.05, 0) is 50.9 Å². The number of fused-ring (bicyclic) bond motifs is 1. The maximum Gasteiger partial charge on any atom is 0.223 e. The molecule has 1 amide bonds.